The van der Waals surface area contributed by atoms with Gasteiger partial charge in [-0.15, -0.1) is 0 Å². The standard InChI is InChI=1S/C51H34N2O/c1-51-45-32-37(52(34-15-5-2-6-16-34)35-17-7-3-8-18-35)28-29-39(45)41-23-14-25-43(49(41)51)50(54)42-24-13-22-38(48(42)51)33-27-30-47-44(31-33)40-21-11-12-26-46(40)53(47)36-19-9-4-10-20-36/h2-32H,1H3. The smallest absolute Gasteiger partial charge is 0.193 e. The van der Waals surface area contributed by atoms with E-state index in [1.165, 1.54) is 27.4 Å². The van der Waals surface area contributed by atoms with Gasteiger partial charge in [-0.25, -0.2) is 0 Å². The second-order valence-corrected chi connectivity index (χ2v) is 14.6. The first-order valence-corrected chi connectivity index (χ1v) is 18.6. The Kier molecular flexibility index (Phi) is 6.53. The lowest BCUT2D eigenvalue weighted by Gasteiger charge is -2.37. The van der Waals surface area contributed by atoms with Crippen LogP contribution >= 0.6 is 0 Å². The molecule has 54 heavy (non-hydrogen) atoms. The van der Waals surface area contributed by atoms with Crippen molar-refractivity contribution in [3.63, 3.8) is 0 Å². The molecule has 3 heteroatoms. The van der Waals surface area contributed by atoms with Gasteiger partial charge in [0, 0.05) is 50.1 Å². The van der Waals surface area contributed by atoms with E-state index in [-0.39, 0.29) is 5.78 Å². The van der Waals surface area contributed by atoms with Gasteiger partial charge < -0.3 is 9.47 Å². The number of ketones is 1. The molecule has 0 saturated carbocycles. The molecule has 2 aliphatic carbocycles. The average Bonchev–Trinajstić information content (AvgIpc) is 3.70. The Balaban J connectivity index is 1.16. The predicted octanol–water partition coefficient (Wildman–Crippen LogP) is 12.8. The SMILES string of the molecule is CC12c3cc(N(c4ccccc4)c4ccccc4)ccc3-c3cccc(c31)C(=O)c1cccc(-c3ccc4c(c3)c3ccccc3n4-c3ccccc3)c12. The van der Waals surface area contributed by atoms with E-state index in [4.69, 9.17) is 0 Å². The molecule has 1 aromatic heterocycles. The first kappa shape index (κ1) is 30.6. The van der Waals surface area contributed by atoms with Gasteiger partial charge in [0.1, 0.15) is 0 Å². The van der Waals surface area contributed by atoms with Crippen molar-refractivity contribution in [2.75, 3.05) is 4.90 Å². The fourth-order valence-electron chi connectivity index (χ4n) is 9.48. The number of aromatic nitrogens is 1. The Labute approximate surface area is 314 Å². The third kappa shape index (κ3) is 4.21. The average molecular weight is 691 g/mol. The van der Waals surface area contributed by atoms with Crippen LogP contribution in [0.2, 0.25) is 0 Å². The van der Waals surface area contributed by atoms with Gasteiger partial charge in [-0.3, -0.25) is 4.79 Å². The quantitative estimate of drug-likeness (QED) is 0.180. The molecular formula is C51H34N2O. The zero-order valence-electron chi connectivity index (χ0n) is 29.7. The summed E-state index contributed by atoms with van der Waals surface area (Å²) < 4.78 is 2.35. The Morgan fingerprint density at radius 1 is 0.444 bits per heavy atom. The third-order valence-electron chi connectivity index (χ3n) is 11.7. The van der Waals surface area contributed by atoms with Crippen molar-refractivity contribution >= 4 is 44.7 Å². The number of para-hydroxylation sites is 4. The second-order valence-electron chi connectivity index (χ2n) is 14.6. The number of benzene rings is 8. The summed E-state index contributed by atoms with van der Waals surface area (Å²) in [4.78, 5) is 16.9. The summed E-state index contributed by atoms with van der Waals surface area (Å²) in [5, 5.41) is 2.39. The minimum Gasteiger partial charge on any atom is -0.310 e. The van der Waals surface area contributed by atoms with E-state index in [0.29, 0.717) is 0 Å². The van der Waals surface area contributed by atoms with Crippen LogP contribution in [-0.2, 0) is 5.41 Å². The summed E-state index contributed by atoms with van der Waals surface area (Å²) in [5.41, 5.74) is 15.6. The van der Waals surface area contributed by atoms with Crippen molar-refractivity contribution in [3.8, 4) is 27.9 Å². The van der Waals surface area contributed by atoms with E-state index in [9.17, 15) is 4.79 Å². The van der Waals surface area contributed by atoms with E-state index in [1.807, 2.05) is 18.2 Å². The molecule has 0 aliphatic heterocycles. The summed E-state index contributed by atoms with van der Waals surface area (Å²) in [7, 11) is 0. The van der Waals surface area contributed by atoms with Crippen molar-refractivity contribution in [1.82, 2.24) is 4.57 Å². The molecule has 254 valence electrons. The van der Waals surface area contributed by atoms with Crippen molar-refractivity contribution < 1.29 is 4.79 Å². The summed E-state index contributed by atoms with van der Waals surface area (Å²) in [6.45, 7) is 2.34. The monoisotopic (exact) mass is 690 g/mol. The van der Waals surface area contributed by atoms with Crippen LogP contribution in [0.15, 0.2) is 188 Å². The number of fused-ring (bicyclic) bond motifs is 8. The molecule has 0 N–H and O–H groups in total. The molecule has 11 rings (SSSR count). The highest BCUT2D eigenvalue weighted by Crippen LogP contribution is 2.59. The van der Waals surface area contributed by atoms with Crippen LogP contribution in [0.3, 0.4) is 0 Å². The van der Waals surface area contributed by atoms with Gasteiger partial charge in [-0.05, 0) is 113 Å². The highest BCUT2D eigenvalue weighted by Gasteiger charge is 2.49. The van der Waals surface area contributed by atoms with E-state index in [2.05, 4.69) is 186 Å². The van der Waals surface area contributed by atoms with Gasteiger partial charge in [-0.1, -0.05) is 121 Å². The molecule has 0 fully saturated rings. The molecule has 0 bridgehead atoms. The fraction of sp³-hybridized carbons (Fsp3) is 0.0392. The Morgan fingerprint density at radius 2 is 1.02 bits per heavy atom. The molecule has 2 aliphatic rings. The Bertz CT molecular complexity index is 2920. The van der Waals surface area contributed by atoms with Crippen molar-refractivity contribution in [1.29, 1.82) is 0 Å². The van der Waals surface area contributed by atoms with Gasteiger partial charge in [-0.2, -0.15) is 0 Å². The molecule has 1 unspecified atom stereocenters. The fourth-order valence-corrected chi connectivity index (χ4v) is 9.48. The van der Waals surface area contributed by atoms with E-state index in [0.717, 1.165) is 67.2 Å². The summed E-state index contributed by atoms with van der Waals surface area (Å²) in [6, 6.07) is 66.6. The zero-order valence-corrected chi connectivity index (χ0v) is 29.7. The molecule has 3 nitrogen and oxygen atoms in total. The van der Waals surface area contributed by atoms with Gasteiger partial charge in [0.2, 0.25) is 0 Å². The molecule has 9 aromatic rings. The van der Waals surface area contributed by atoms with Crippen LogP contribution in [-0.4, -0.2) is 10.4 Å². The van der Waals surface area contributed by atoms with Crippen molar-refractivity contribution in [3.05, 3.63) is 216 Å². The minimum atomic E-state index is -0.580. The summed E-state index contributed by atoms with van der Waals surface area (Å²) in [6.07, 6.45) is 0. The van der Waals surface area contributed by atoms with E-state index in [1.54, 1.807) is 0 Å². The summed E-state index contributed by atoms with van der Waals surface area (Å²) >= 11 is 0. The number of hydrogen-bond acceptors (Lipinski definition) is 2. The van der Waals surface area contributed by atoms with Crippen LogP contribution in [0.4, 0.5) is 17.1 Å². The molecule has 8 aromatic carbocycles. The van der Waals surface area contributed by atoms with Crippen molar-refractivity contribution in [2.24, 2.45) is 0 Å². The summed E-state index contributed by atoms with van der Waals surface area (Å²) in [5.74, 6) is 0.0890. The first-order valence-electron chi connectivity index (χ1n) is 18.6. The van der Waals surface area contributed by atoms with Crippen LogP contribution in [0.5, 0.6) is 0 Å². The third-order valence-corrected chi connectivity index (χ3v) is 11.7. The van der Waals surface area contributed by atoms with Crippen LogP contribution in [0, 0.1) is 0 Å². The molecular weight excluding hydrogens is 657 g/mol. The number of rotatable bonds is 5. The van der Waals surface area contributed by atoms with Gasteiger partial charge >= 0.3 is 0 Å². The van der Waals surface area contributed by atoms with Crippen molar-refractivity contribution in [2.45, 2.75) is 12.3 Å². The Hall–Kier alpha value is -6.97. The molecule has 0 spiro atoms. The highest BCUT2D eigenvalue weighted by molar-refractivity contribution is 6.17. The number of hydrogen-bond donors (Lipinski definition) is 0. The van der Waals surface area contributed by atoms with E-state index >= 15 is 0 Å². The number of carbonyl (C=O) groups is 1. The second kappa shape index (κ2) is 11.5. The van der Waals surface area contributed by atoms with Crippen LogP contribution in [0.1, 0.15) is 39.5 Å². The van der Waals surface area contributed by atoms with Gasteiger partial charge in [0.25, 0.3) is 0 Å². The lowest BCUT2D eigenvalue weighted by molar-refractivity contribution is 0.103. The largest absolute Gasteiger partial charge is 0.310 e. The molecule has 1 heterocycles. The molecule has 0 saturated heterocycles. The highest BCUT2D eigenvalue weighted by atomic mass is 16.1. The van der Waals surface area contributed by atoms with Crippen LogP contribution < -0.4 is 4.90 Å². The first-order chi connectivity index (χ1) is 26.6. The lowest BCUT2D eigenvalue weighted by atomic mass is 9.64. The van der Waals surface area contributed by atoms with Crippen LogP contribution in [0.25, 0.3) is 49.7 Å². The lowest BCUT2D eigenvalue weighted by Crippen LogP contribution is -2.33. The number of anilines is 3. The number of carbonyl (C=O) groups excluding carboxylic acids is 1. The van der Waals surface area contributed by atoms with Gasteiger partial charge in [0.05, 0.1) is 11.0 Å². The molecule has 1 atom stereocenters. The van der Waals surface area contributed by atoms with Gasteiger partial charge in [0.15, 0.2) is 5.78 Å². The molecule has 0 radical (unpaired) electrons. The minimum absolute atomic E-state index is 0.0890. The maximum Gasteiger partial charge on any atom is 0.193 e. The number of nitrogens with zero attached hydrogens (tertiary/aromatic N) is 2. The van der Waals surface area contributed by atoms with E-state index < -0.39 is 5.41 Å². The maximum atomic E-state index is 14.6. The Morgan fingerprint density at radius 3 is 1.72 bits per heavy atom. The maximum absolute atomic E-state index is 14.6. The normalized spacial score (nSPS) is 15.2. The predicted molar refractivity (Wildman–Crippen MR) is 222 cm³/mol. The zero-order chi connectivity index (χ0) is 36.0. The molecule has 0 amide bonds. The topological polar surface area (TPSA) is 25.2 Å².